The van der Waals surface area contributed by atoms with Gasteiger partial charge in [0.1, 0.15) is 6.29 Å². The highest BCUT2D eigenvalue weighted by Gasteiger charge is 2.26. The monoisotopic (exact) mass is 442 g/mol. The van der Waals surface area contributed by atoms with Gasteiger partial charge < -0.3 is 9.64 Å². The molecule has 0 aromatic heterocycles. The number of hydrogen-bond acceptors (Lipinski definition) is 4. The summed E-state index contributed by atoms with van der Waals surface area (Å²) in [5.74, 6) is 0. The molecule has 1 saturated heterocycles. The molecule has 0 N–H and O–H groups in total. The largest absolute Gasteiger partial charge is 0.371 e. The molecule has 0 saturated carbocycles. The highest BCUT2D eigenvalue weighted by atomic mass is 16.5. The van der Waals surface area contributed by atoms with E-state index in [2.05, 4.69) is 85.4 Å². The Morgan fingerprint density at radius 3 is 2.55 bits per heavy atom. The van der Waals surface area contributed by atoms with Gasteiger partial charge in [-0.3, -0.25) is 9.69 Å². The van der Waals surface area contributed by atoms with E-state index in [9.17, 15) is 4.79 Å². The van der Waals surface area contributed by atoms with E-state index in [0.29, 0.717) is 12.6 Å². The van der Waals surface area contributed by atoms with Crippen molar-refractivity contribution in [1.82, 2.24) is 9.80 Å². The molecule has 1 aliphatic rings. The van der Waals surface area contributed by atoms with Gasteiger partial charge in [0.2, 0.25) is 0 Å². The summed E-state index contributed by atoms with van der Waals surface area (Å²) in [4.78, 5) is 16.1. The molecule has 4 nitrogen and oxygen atoms in total. The Kier molecular flexibility index (Phi) is 7.71. The Bertz CT molecular complexity index is 1060. The summed E-state index contributed by atoms with van der Waals surface area (Å²) >= 11 is 0. The standard InChI is InChI=1S/C29H34N2O2/c1-22(17-24-11-7-8-12-27(24)21-32)31-15-16-33-29(20-31)25-13-14-26(19-30(2)3)28(18-25)23-9-5-4-6-10-23/h4-14,18,21-22,29H,15-17,19-20H2,1-3H3. The Balaban J connectivity index is 1.54. The van der Waals surface area contributed by atoms with Crippen molar-refractivity contribution in [3.05, 3.63) is 95.1 Å². The molecule has 4 heteroatoms. The van der Waals surface area contributed by atoms with E-state index in [-0.39, 0.29) is 6.10 Å². The summed E-state index contributed by atoms with van der Waals surface area (Å²) in [6.45, 7) is 5.62. The van der Waals surface area contributed by atoms with E-state index in [0.717, 1.165) is 43.5 Å². The summed E-state index contributed by atoms with van der Waals surface area (Å²) in [5.41, 5.74) is 6.96. The highest BCUT2D eigenvalue weighted by Crippen LogP contribution is 2.31. The SMILES string of the molecule is CC(Cc1ccccc1C=O)N1CCOC(c2ccc(CN(C)C)c(-c3ccccc3)c2)C1. The number of benzene rings is 3. The van der Waals surface area contributed by atoms with Crippen molar-refractivity contribution >= 4 is 6.29 Å². The van der Waals surface area contributed by atoms with E-state index in [4.69, 9.17) is 4.74 Å². The summed E-state index contributed by atoms with van der Waals surface area (Å²) in [5, 5.41) is 0. The zero-order valence-corrected chi connectivity index (χ0v) is 19.9. The predicted octanol–water partition coefficient (Wildman–Crippen LogP) is 5.23. The van der Waals surface area contributed by atoms with Gasteiger partial charge in [0.25, 0.3) is 0 Å². The number of morpholine rings is 1. The van der Waals surface area contributed by atoms with Crippen molar-refractivity contribution in [2.75, 3.05) is 33.8 Å². The van der Waals surface area contributed by atoms with Gasteiger partial charge in [-0.15, -0.1) is 0 Å². The van der Waals surface area contributed by atoms with Crippen LogP contribution in [-0.4, -0.2) is 55.9 Å². The Morgan fingerprint density at radius 2 is 1.79 bits per heavy atom. The second kappa shape index (κ2) is 10.9. The second-order valence-electron chi connectivity index (χ2n) is 9.24. The molecule has 2 unspecified atom stereocenters. The summed E-state index contributed by atoms with van der Waals surface area (Å²) in [6, 6.07) is 25.6. The van der Waals surface area contributed by atoms with E-state index in [1.165, 1.54) is 22.3 Å². The predicted molar refractivity (Wildman–Crippen MR) is 135 cm³/mol. The molecule has 172 valence electrons. The second-order valence-corrected chi connectivity index (χ2v) is 9.24. The van der Waals surface area contributed by atoms with Gasteiger partial charge in [0.05, 0.1) is 12.7 Å². The van der Waals surface area contributed by atoms with Crippen LogP contribution < -0.4 is 0 Å². The lowest BCUT2D eigenvalue weighted by Crippen LogP contribution is -2.44. The van der Waals surface area contributed by atoms with Crippen LogP contribution in [0.1, 0.15) is 40.1 Å². The first kappa shape index (κ1) is 23.4. The minimum Gasteiger partial charge on any atom is -0.371 e. The topological polar surface area (TPSA) is 32.8 Å². The fourth-order valence-electron chi connectivity index (χ4n) is 4.71. The molecule has 0 radical (unpaired) electrons. The number of hydrogen-bond donors (Lipinski definition) is 0. The average molecular weight is 443 g/mol. The van der Waals surface area contributed by atoms with Gasteiger partial charge in [-0.25, -0.2) is 0 Å². The Labute approximate surface area is 197 Å². The van der Waals surface area contributed by atoms with Crippen molar-refractivity contribution in [3.63, 3.8) is 0 Å². The fraction of sp³-hybridized carbons (Fsp3) is 0.345. The molecule has 0 spiro atoms. The van der Waals surface area contributed by atoms with E-state index < -0.39 is 0 Å². The average Bonchev–Trinajstić information content (AvgIpc) is 2.85. The minimum absolute atomic E-state index is 0.0402. The molecule has 4 rings (SSSR count). The summed E-state index contributed by atoms with van der Waals surface area (Å²) in [7, 11) is 4.21. The maximum atomic E-state index is 11.4. The summed E-state index contributed by atoms with van der Waals surface area (Å²) in [6.07, 6.45) is 1.86. The third kappa shape index (κ3) is 5.77. The van der Waals surface area contributed by atoms with Crippen molar-refractivity contribution < 1.29 is 9.53 Å². The first-order valence-corrected chi connectivity index (χ1v) is 11.8. The molecule has 0 amide bonds. The van der Waals surface area contributed by atoms with Crippen LogP contribution in [0.2, 0.25) is 0 Å². The van der Waals surface area contributed by atoms with Crippen LogP contribution in [-0.2, 0) is 17.7 Å². The summed E-state index contributed by atoms with van der Waals surface area (Å²) < 4.78 is 6.24. The first-order valence-electron chi connectivity index (χ1n) is 11.8. The molecule has 1 fully saturated rings. The number of rotatable bonds is 8. The smallest absolute Gasteiger partial charge is 0.150 e. The molecule has 33 heavy (non-hydrogen) atoms. The molecular weight excluding hydrogens is 408 g/mol. The van der Waals surface area contributed by atoms with Gasteiger partial charge >= 0.3 is 0 Å². The van der Waals surface area contributed by atoms with Crippen molar-refractivity contribution in [1.29, 1.82) is 0 Å². The van der Waals surface area contributed by atoms with E-state index >= 15 is 0 Å². The van der Waals surface area contributed by atoms with Crippen LogP contribution in [0.4, 0.5) is 0 Å². The molecule has 0 aliphatic carbocycles. The van der Waals surface area contributed by atoms with Gasteiger partial charge in [0.15, 0.2) is 0 Å². The number of nitrogens with zero attached hydrogens (tertiary/aromatic N) is 2. The van der Waals surface area contributed by atoms with Crippen molar-refractivity contribution in [2.45, 2.75) is 32.0 Å². The first-order chi connectivity index (χ1) is 16.0. The Hall–Kier alpha value is -2.79. The van der Waals surface area contributed by atoms with Crippen LogP contribution in [0.15, 0.2) is 72.8 Å². The van der Waals surface area contributed by atoms with Gasteiger partial charge in [0, 0.05) is 31.2 Å². The van der Waals surface area contributed by atoms with Crippen molar-refractivity contribution in [3.8, 4) is 11.1 Å². The maximum Gasteiger partial charge on any atom is 0.150 e. The van der Waals surface area contributed by atoms with Crippen LogP contribution >= 0.6 is 0 Å². The van der Waals surface area contributed by atoms with E-state index in [1.54, 1.807) is 0 Å². The maximum absolute atomic E-state index is 11.4. The zero-order valence-electron chi connectivity index (χ0n) is 19.9. The number of ether oxygens (including phenoxy) is 1. The molecule has 3 aromatic rings. The number of carbonyl (C=O) groups is 1. The number of aldehydes is 1. The number of carbonyl (C=O) groups excluding carboxylic acids is 1. The highest BCUT2D eigenvalue weighted by molar-refractivity contribution is 5.77. The minimum atomic E-state index is 0.0402. The van der Waals surface area contributed by atoms with Gasteiger partial charge in [-0.05, 0) is 61.3 Å². The molecule has 1 aliphatic heterocycles. The van der Waals surface area contributed by atoms with Gasteiger partial charge in [-0.2, -0.15) is 0 Å². The van der Waals surface area contributed by atoms with Crippen molar-refractivity contribution in [2.24, 2.45) is 0 Å². The molecule has 3 aromatic carbocycles. The Morgan fingerprint density at radius 1 is 1.03 bits per heavy atom. The van der Waals surface area contributed by atoms with Crippen LogP contribution in [0, 0.1) is 0 Å². The van der Waals surface area contributed by atoms with Gasteiger partial charge in [-0.1, -0.05) is 66.7 Å². The third-order valence-corrected chi connectivity index (χ3v) is 6.50. The molecular formula is C29H34N2O2. The quantitative estimate of drug-likeness (QED) is 0.447. The lowest BCUT2D eigenvalue weighted by molar-refractivity contribution is -0.0424. The van der Waals surface area contributed by atoms with Crippen LogP contribution in [0.5, 0.6) is 0 Å². The lowest BCUT2D eigenvalue weighted by atomic mass is 9.94. The van der Waals surface area contributed by atoms with Crippen LogP contribution in [0.3, 0.4) is 0 Å². The third-order valence-electron chi connectivity index (χ3n) is 6.50. The molecule has 2 atom stereocenters. The van der Waals surface area contributed by atoms with E-state index in [1.807, 2.05) is 18.2 Å². The fourth-order valence-corrected chi connectivity index (χ4v) is 4.71. The molecule has 1 heterocycles. The normalized spacial score (nSPS) is 17.8. The zero-order chi connectivity index (χ0) is 23.2. The lowest BCUT2D eigenvalue weighted by Gasteiger charge is -2.37. The molecule has 0 bridgehead atoms. The van der Waals surface area contributed by atoms with Crippen LogP contribution in [0.25, 0.3) is 11.1 Å².